The Balaban J connectivity index is 2.08. The molecule has 1 amide bonds. The van der Waals surface area contributed by atoms with Crippen LogP contribution in [-0.4, -0.2) is 26.4 Å². The number of aryl methyl sites for hydroxylation is 1. The van der Waals surface area contributed by atoms with Crippen molar-refractivity contribution in [3.8, 4) is 0 Å². The van der Waals surface area contributed by atoms with Crippen LogP contribution in [0.1, 0.15) is 32.0 Å². The van der Waals surface area contributed by atoms with Crippen molar-refractivity contribution in [3.63, 3.8) is 0 Å². The minimum atomic E-state index is -0.449. The standard InChI is InChI=1S/C11H16IN3O2/c1-11(2,3)17-10(16)15-5-7-8(6-15)13-14(4)9(7)12/h5-6H2,1-4H3. The number of rotatable bonds is 0. The number of hydrogen-bond acceptors (Lipinski definition) is 3. The number of ether oxygens (including phenoxy) is 1. The molecule has 0 aliphatic carbocycles. The number of nitrogens with zero attached hydrogens (tertiary/aromatic N) is 3. The van der Waals surface area contributed by atoms with Crippen molar-refractivity contribution in [3.05, 3.63) is 15.0 Å². The van der Waals surface area contributed by atoms with Crippen LogP contribution in [0.5, 0.6) is 0 Å². The minimum absolute atomic E-state index is 0.269. The lowest BCUT2D eigenvalue weighted by Gasteiger charge is -2.24. The van der Waals surface area contributed by atoms with Gasteiger partial charge in [-0.15, -0.1) is 0 Å². The highest BCUT2D eigenvalue weighted by molar-refractivity contribution is 14.1. The molecule has 1 aromatic rings. The minimum Gasteiger partial charge on any atom is -0.444 e. The van der Waals surface area contributed by atoms with E-state index < -0.39 is 5.60 Å². The van der Waals surface area contributed by atoms with E-state index in [0.717, 1.165) is 15.0 Å². The van der Waals surface area contributed by atoms with Crippen molar-refractivity contribution >= 4 is 28.7 Å². The fraction of sp³-hybridized carbons (Fsp3) is 0.636. The maximum absolute atomic E-state index is 11.9. The average molecular weight is 349 g/mol. The zero-order chi connectivity index (χ0) is 12.8. The molecule has 6 heteroatoms. The van der Waals surface area contributed by atoms with Crippen LogP contribution >= 0.6 is 22.6 Å². The van der Waals surface area contributed by atoms with Gasteiger partial charge in [-0.1, -0.05) is 0 Å². The first-order valence-corrected chi connectivity index (χ1v) is 6.54. The van der Waals surface area contributed by atoms with Gasteiger partial charge >= 0.3 is 6.09 Å². The molecular formula is C11H16IN3O2. The smallest absolute Gasteiger partial charge is 0.410 e. The first-order valence-electron chi connectivity index (χ1n) is 5.46. The summed E-state index contributed by atoms with van der Waals surface area (Å²) in [5.41, 5.74) is 1.66. The Morgan fingerprint density at radius 3 is 2.59 bits per heavy atom. The predicted octanol–water partition coefficient (Wildman–Crippen LogP) is 2.28. The van der Waals surface area contributed by atoms with Gasteiger partial charge in [-0.3, -0.25) is 9.58 Å². The first-order chi connectivity index (χ1) is 7.78. The third-order valence-corrected chi connectivity index (χ3v) is 3.84. The predicted molar refractivity (Wildman–Crippen MR) is 71.4 cm³/mol. The summed E-state index contributed by atoms with van der Waals surface area (Å²) in [4.78, 5) is 13.6. The van der Waals surface area contributed by atoms with E-state index in [0.29, 0.717) is 13.1 Å². The fourth-order valence-electron chi connectivity index (χ4n) is 1.77. The largest absolute Gasteiger partial charge is 0.444 e. The Morgan fingerprint density at radius 1 is 1.41 bits per heavy atom. The summed E-state index contributed by atoms with van der Waals surface area (Å²) in [6.45, 7) is 6.75. The van der Waals surface area contributed by atoms with Crippen LogP contribution in [-0.2, 0) is 24.9 Å². The van der Waals surface area contributed by atoms with Crippen LogP contribution in [0, 0.1) is 3.70 Å². The van der Waals surface area contributed by atoms with Gasteiger partial charge in [0.2, 0.25) is 0 Å². The maximum atomic E-state index is 11.9. The third kappa shape index (κ3) is 2.56. The average Bonchev–Trinajstić information content (AvgIpc) is 2.66. The summed E-state index contributed by atoms with van der Waals surface area (Å²) in [5, 5.41) is 4.38. The SMILES string of the molecule is Cn1nc2c(c1I)CN(C(=O)OC(C)(C)C)C2. The molecule has 0 fully saturated rings. The van der Waals surface area contributed by atoms with Crippen molar-refractivity contribution in [1.82, 2.24) is 14.7 Å². The highest BCUT2D eigenvalue weighted by atomic mass is 127. The number of hydrogen-bond donors (Lipinski definition) is 0. The molecule has 0 saturated carbocycles. The van der Waals surface area contributed by atoms with Crippen molar-refractivity contribution in [2.45, 2.75) is 39.5 Å². The highest BCUT2D eigenvalue weighted by Crippen LogP contribution is 2.27. The van der Waals surface area contributed by atoms with E-state index in [4.69, 9.17) is 4.74 Å². The van der Waals surface area contributed by atoms with E-state index in [9.17, 15) is 4.79 Å². The van der Waals surface area contributed by atoms with Crippen molar-refractivity contribution in [2.75, 3.05) is 0 Å². The van der Waals surface area contributed by atoms with Crippen LogP contribution in [0.25, 0.3) is 0 Å². The van der Waals surface area contributed by atoms with Gasteiger partial charge in [0.1, 0.15) is 9.30 Å². The molecule has 5 nitrogen and oxygen atoms in total. The number of carbonyl (C=O) groups excluding carboxylic acids is 1. The molecular weight excluding hydrogens is 333 g/mol. The Labute approximate surface area is 114 Å². The van der Waals surface area contributed by atoms with Crippen molar-refractivity contribution < 1.29 is 9.53 Å². The second-order valence-corrected chi connectivity index (χ2v) is 6.20. The van der Waals surface area contributed by atoms with Gasteiger partial charge < -0.3 is 4.74 Å². The molecule has 1 aliphatic rings. The van der Waals surface area contributed by atoms with Gasteiger partial charge in [-0.05, 0) is 43.4 Å². The van der Waals surface area contributed by atoms with Crippen LogP contribution in [0.4, 0.5) is 4.79 Å². The lowest BCUT2D eigenvalue weighted by Crippen LogP contribution is -2.33. The van der Waals surface area contributed by atoms with E-state index >= 15 is 0 Å². The number of halogens is 1. The zero-order valence-electron chi connectivity index (χ0n) is 10.5. The van der Waals surface area contributed by atoms with Gasteiger partial charge in [0.15, 0.2) is 0 Å². The Kier molecular flexibility index (Phi) is 3.09. The first kappa shape index (κ1) is 12.7. The molecule has 0 spiro atoms. The molecule has 1 aliphatic heterocycles. The Bertz CT molecular complexity index is 462. The lowest BCUT2D eigenvalue weighted by atomic mass is 10.2. The molecule has 2 heterocycles. The molecule has 2 rings (SSSR count). The van der Waals surface area contributed by atoms with Crippen molar-refractivity contribution in [1.29, 1.82) is 0 Å². The van der Waals surface area contributed by atoms with Gasteiger partial charge in [0.05, 0.1) is 18.8 Å². The topological polar surface area (TPSA) is 47.4 Å². The number of amides is 1. The van der Waals surface area contributed by atoms with Crippen LogP contribution in [0.2, 0.25) is 0 Å². The maximum Gasteiger partial charge on any atom is 0.410 e. The van der Waals surface area contributed by atoms with E-state index in [2.05, 4.69) is 27.7 Å². The van der Waals surface area contributed by atoms with Crippen LogP contribution in [0.3, 0.4) is 0 Å². The summed E-state index contributed by atoms with van der Waals surface area (Å²) >= 11 is 2.25. The number of aromatic nitrogens is 2. The normalized spacial score (nSPS) is 15.0. The molecule has 0 radical (unpaired) electrons. The molecule has 94 valence electrons. The summed E-state index contributed by atoms with van der Waals surface area (Å²) in [6, 6.07) is 0. The lowest BCUT2D eigenvalue weighted by molar-refractivity contribution is 0.0239. The van der Waals surface area contributed by atoms with Crippen molar-refractivity contribution in [2.24, 2.45) is 7.05 Å². The number of carbonyl (C=O) groups is 1. The second kappa shape index (κ2) is 4.15. The summed E-state index contributed by atoms with van der Waals surface area (Å²) in [5.74, 6) is 0. The number of fused-ring (bicyclic) bond motifs is 1. The third-order valence-electron chi connectivity index (χ3n) is 2.49. The van der Waals surface area contributed by atoms with Gasteiger partial charge in [-0.2, -0.15) is 5.10 Å². The van der Waals surface area contributed by atoms with E-state index in [1.165, 1.54) is 0 Å². The van der Waals surface area contributed by atoms with Crippen LogP contribution in [0.15, 0.2) is 0 Å². The Morgan fingerprint density at radius 2 is 2.06 bits per heavy atom. The van der Waals surface area contributed by atoms with E-state index in [1.54, 1.807) is 4.90 Å². The molecule has 0 unspecified atom stereocenters. The molecule has 0 saturated heterocycles. The Hall–Kier alpha value is -0.790. The van der Waals surface area contributed by atoms with Gasteiger partial charge in [0.25, 0.3) is 0 Å². The summed E-state index contributed by atoms with van der Waals surface area (Å²) < 4.78 is 8.27. The highest BCUT2D eigenvalue weighted by Gasteiger charge is 2.31. The molecule has 0 N–H and O–H groups in total. The zero-order valence-corrected chi connectivity index (χ0v) is 12.6. The molecule has 0 atom stereocenters. The summed E-state index contributed by atoms with van der Waals surface area (Å²) in [6.07, 6.45) is -0.269. The summed E-state index contributed by atoms with van der Waals surface area (Å²) in [7, 11) is 1.91. The van der Waals surface area contributed by atoms with E-state index in [1.807, 2.05) is 32.5 Å². The van der Waals surface area contributed by atoms with Gasteiger partial charge in [0, 0.05) is 12.6 Å². The van der Waals surface area contributed by atoms with Crippen LogP contribution < -0.4 is 0 Å². The molecule has 17 heavy (non-hydrogen) atoms. The van der Waals surface area contributed by atoms with Gasteiger partial charge in [-0.25, -0.2) is 4.79 Å². The quantitative estimate of drug-likeness (QED) is 0.675. The second-order valence-electron chi connectivity index (χ2n) is 5.18. The fourth-order valence-corrected chi connectivity index (χ4v) is 2.36. The molecule has 0 aromatic carbocycles. The molecule has 0 bridgehead atoms. The van der Waals surface area contributed by atoms with E-state index in [-0.39, 0.29) is 6.09 Å². The molecule has 1 aromatic heterocycles. The monoisotopic (exact) mass is 349 g/mol.